The molecule has 5 heteroatoms. The molecule has 0 amide bonds. The van der Waals surface area contributed by atoms with Gasteiger partial charge in [0.2, 0.25) is 0 Å². The Morgan fingerprint density at radius 2 is 1.94 bits per heavy atom. The van der Waals surface area contributed by atoms with Crippen molar-refractivity contribution in [3.8, 4) is 11.3 Å². The molecule has 0 fully saturated rings. The Labute approximate surface area is 199 Å². The highest BCUT2D eigenvalue weighted by Gasteiger charge is 2.54. The smallest absolute Gasteiger partial charge is 0.143 e. The molecule has 2 aliphatic carbocycles. The zero-order valence-electron chi connectivity index (χ0n) is 19.7. The number of nitrogens with zero attached hydrogens (tertiary/aromatic N) is 3. The summed E-state index contributed by atoms with van der Waals surface area (Å²) in [4.78, 5) is 10.2. The van der Waals surface area contributed by atoms with Gasteiger partial charge in [-0.15, -0.1) is 0 Å². The fourth-order valence-corrected chi connectivity index (χ4v) is 6.51. The molecule has 172 valence electrons. The Morgan fingerprint density at radius 1 is 1.09 bits per heavy atom. The molecule has 3 atom stereocenters. The maximum Gasteiger partial charge on any atom is 0.143 e. The zero-order valence-corrected chi connectivity index (χ0v) is 19.7. The van der Waals surface area contributed by atoms with Gasteiger partial charge in [-0.3, -0.25) is 0 Å². The summed E-state index contributed by atoms with van der Waals surface area (Å²) in [5.74, 6) is 2.45. The molecule has 1 N–H and O–H groups in total. The molecule has 34 heavy (non-hydrogen) atoms. The summed E-state index contributed by atoms with van der Waals surface area (Å²) >= 11 is 0. The van der Waals surface area contributed by atoms with E-state index in [0.29, 0.717) is 12.3 Å². The predicted molar refractivity (Wildman–Crippen MR) is 131 cm³/mol. The molecule has 0 saturated heterocycles. The van der Waals surface area contributed by atoms with Crippen molar-refractivity contribution < 1.29 is 9.63 Å². The van der Waals surface area contributed by atoms with Crippen LogP contribution >= 0.6 is 0 Å². The highest BCUT2D eigenvalue weighted by Crippen LogP contribution is 2.57. The number of aliphatic hydroxyl groups excluding tert-OH is 1. The van der Waals surface area contributed by atoms with Gasteiger partial charge in [-0.1, -0.05) is 60.6 Å². The van der Waals surface area contributed by atoms with Crippen LogP contribution in [0.1, 0.15) is 58.8 Å². The van der Waals surface area contributed by atoms with Crippen LogP contribution in [0, 0.1) is 12.8 Å². The van der Waals surface area contributed by atoms with Crippen molar-refractivity contribution in [1.82, 2.24) is 15.1 Å². The van der Waals surface area contributed by atoms with Gasteiger partial charge in [0.15, 0.2) is 0 Å². The number of fused-ring (bicyclic) bond motifs is 4. The molecule has 6 rings (SSSR count). The second kappa shape index (κ2) is 8.17. The first-order valence-corrected chi connectivity index (χ1v) is 12.2. The van der Waals surface area contributed by atoms with Gasteiger partial charge in [-0.2, -0.15) is 0 Å². The van der Waals surface area contributed by atoms with Crippen molar-refractivity contribution in [2.75, 3.05) is 6.61 Å². The molecule has 4 aromatic rings. The minimum absolute atomic E-state index is 0.141. The van der Waals surface area contributed by atoms with Crippen molar-refractivity contribution in [3.63, 3.8) is 0 Å². The summed E-state index contributed by atoms with van der Waals surface area (Å²) in [6, 6.07) is 19.3. The molecule has 5 nitrogen and oxygen atoms in total. The van der Waals surface area contributed by atoms with Crippen LogP contribution in [0.5, 0.6) is 0 Å². The van der Waals surface area contributed by atoms with E-state index in [1.807, 2.05) is 13.1 Å². The Morgan fingerprint density at radius 3 is 2.76 bits per heavy atom. The van der Waals surface area contributed by atoms with E-state index in [0.717, 1.165) is 53.4 Å². The van der Waals surface area contributed by atoms with E-state index in [-0.39, 0.29) is 17.9 Å². The number of aromatic nitrogens is 3. The minimum Gasteiger partial charge on any atom is -0.396 e. The first-order chi connectivity index (χ1) is 16.6. The standard InChI is InChI=1S/C29H29N3O2/c1-18-25-12-11-24-26(21-8-6-7-20(15-21)13-14-33)31-19(2)32-28(24)29(25,23-9-4-3-5-10-23)16-22-17-30-34-27(18)22/h3-10,15,17-18,25,33H,11-14,16H2,1-2H3/t18-,25-,29+/m0/s1. The number of benzene rings is 2. The van der Waals surface area contributed by atoms with Crippen LogP contribution in [-0.2, 0) is 24.7 Å². The third-order valence-corrected chi connectivity index (χ3v) is 7.93. The number of hydrogen-bond donors (Lipinski definition) is 1. The molecule has 2 aromatic heterocycles. The topological polar surface area (TPSA) is 72.0 Å². The highest BCUT2D eigenvalue weighted by atomic mass is 16.5. The Balaban J connectivity index is 1.62. The van der Waals surface area contributed by atoms with E-state index in [2.05, 4.69) is 66.7 Å². The maximum atomic E-state index is 9.46. The van der Waals surface area contributed by atoms with E-state index >= 15 is 0 Å². The molecule has 0 bridgehead atoms. The number of hydrogen-bond acceptors (Lipinski definition) is 5. The summed E-state index contributed by atoms with van der Waals surface area (Å²) in [6.45, 7) is 4.42. The van der Waals surface area contributed by atoms with Gasteiger partial charge in [-0.25, -0.2) is 9.97 Å². The van der Waals surface area contributed by atoms with Crippen LogP contribution in [0.2, 0.25) is 0 Å². The van der Waals surface area contributed by atoms with E-state index in [4.69, 9.17) is 14.5 Å². The third-order valence-electron chi connectivity index (χ3n) is 7.93. The van der Waals surface area contributed by atoms with Crippen LogP contribution in [0.3, 0.4) is 0 Å². The normalized spacial score (nSPS) is 23.1. The predicted octanol–water partition coefficient (Wildman–Crippen LogP) is 5.18. The van der Waals surface area contributed by atoms with Crippen molar-refractivity contribution in [3.05, 3.63) is 100 Å². The highest BCUT2D eigenvalue weighted by molar-refractivity contribution is 5.67. The van der Waals surface area contributed by atoms with Gasteiger partial charge in [0.1, 0.15) is 11.6 Å². The molecular weight excluding hydrogens is 422 g/mol. The Bertz CT molecular complexity index is 1350. The molecular formula is C29H29N3O2. The molecule has 2 heterocycles. The van der Waals surface area contributed by atoms with Gasteiger partial charge in [0.25, 0.3) is 0 Å². The zero-order chi connectivity index (χ0) is 23.3. The summed E-state index contributed by atoms with van der Waals surface area (Å²) < 4.78 is 5.74. The van der Waals surface area contributed by atoms with Gasteiger partial charge in [0.05, 0.1) is 17.6 Å². The lowest BCUT2D eigenvalue weighted by molar-refractivity contribution is 0.188. The van der Waals surface area contributed by atoms with E-state index < -0.39 is 0 Å². The van der Waals surface area contributed by atoms with E-state index in [9.17, 15) is 5.11 Å². The van der Waals surface area contributed by atoms with Crippen LogP contribution < -0.4 is 0 Å². The number of rotatable bonds is 4. The van der Waals surface area contributed by atoms with Crippen LogP contribution in [-0.4, -0.2) is 26.8 Å². The lowest BCUT2D eigenvalue weighted by Crippen LogP contribution is -2.48. The summed E-state index contributed by atoms with van der Waals surface area (Å²) in [5.41, 5.74) is 7.89. The van der Waals surface area contributed by atoms with Crippen LogP contribution in [0.4, 0.5) is 0 Å². The maximum absolute atomic E-state index is 9.46. The quantitative estimate of drug-likeness (QED) is 0.463. The van der Waals surface area contributed by atoms with Crippen molar-refractivity contribution in [1.29, 1.82) is 0 Å². The molecule has 0 aliphatic heterocycles. The van der Waals surface area contributed by atoms with Crippen LogP contribution in [0.25, 0.3) is 11.3 Å². The average molecular weight is 452 g/mol. The number of aliphatic hydroxyl groups is 1. The monoisotopic (exact) mass is 451 g/mol. The van der Waals surface area contributed by atoms with Crippen molar-refractivity contribution in [2.45, 2.75) is 50.9 Å². The first kappa shape index (κ1) is 21.2. The van der Waals surface area contributed by atoms with Crippen LogP contribution in [0.15, 0.2) is 65.3 Å². The fraction of sp³-hybridized carbons (Fsp3) is 0.345. The molecule has 0 spiro atoms. The van der Waals surface area contributed by atoms with E-state index in [1.54, 1.807) is 0 Å². The number of aryl methyl sites for hydroxylation is 1. The summed E-state index contributed by atoms with van der Waals surface area (Å²) in [6.07, 6.45) is 5.34. The minimum atomic E-state index is -0.252. The van der Waals surface area contributed by atoms with Gasteiger partial charge in [0, 0.05) is 34.6 Å². The average Bonchev–Trinajstić information content (AvgIpc) is 3.33. The molecule has 2 aromatic carbocycles. The molecule has 0 unspecified atom stereocenters. The fourth-order valence-electron chi connectivity index (χ4n) is 6.51. The second-order valence-corrected chi connectivity index (χ2v) is 9.78. The van der Waals surface area contributed by atoms with Gasteiger partial charge in [-0.05, 0) is 55.7 Å². The van der Waals surface area contributed by atoms with Crippen molar-refractivity contribution >= 4 is 0 Å². The summed E-state index contributed by atoms with van der Waals surface area (Å²) in [5, 5.41) is 13.6. The Kier molecular flexibility index (Phi) is 5.10. The lowest BCUT2D eigenvalue weighted by Gasteiger charge is -2.50. The SMILES string of the molecule is Cc1nc(-c2cccc(CCO)c2)c2c(n1)[C@@]1(c3ccccc3)Cc3cnoc3[C@@H](C)[C@@H]1CC2. The molecule has 0 radical (unpaired) electrons. The lowest BCUT2D eigenvalue weighted by atomic mass is 9.53. The van der Waals surface area contributed by atoms with Gasteiger partial charge >= 0.3 is 0 Å². The van der Waals surface area contributed by atoms with Gasteiger partial charge < -0.3 is 9.63 Å². The second-order valence-electron chi connectivity index (χ2n) is 9.78. The van der Waals surface area contributed by atoms with Crippen molar-refractivity contribution in [2.24, 2.45) is 5.92 Å². The Hall–Kier alpha value is -3.31. The van der Waals surface area contributed by atoms with E-state index in [1.165, 1.54) is 16.7 Å². The molecule has 0 saturated carbocycles. The largest absolute Gasteiger partial charge is 0.396 e. The third kappa shape index (κ3) is 3.14. The first-order valence-electron chi connectivity index (χ1n) is 12.2. The summed E-state index contributed by atoms with van der Waals surface area (Å²) in [7, 11) is 0. The molecule has 2 aliphatic rings.